The van der Waals surface area contributed by atoms with E-state index < -0.39 is 17.9 Å². The maximum Gasteiger partial charge on any atom is 0.327 e. The lowest BCUT2D eigenvalue weighted by molar-refractivity contribution is -0.138. The second kappa shape index (κ2) is 16.9. The third-order valence-electron chi connectivity index (χ3n) is 7.05. The number of aryl methyl sites for hydroxylation is 1. The fourth-order valence-corrected chi connectivity index (χ4v) is 5.51. The maximum absolute atomic E-state index is 13.1. The summed E-state index contributed by atoms with van der Waals surface area (Å²) < 4.78 is 5.89. The minimum atomic E-state index is -1.07. The number of para-hydroxylation sites is 2. The minimum Gasteiger partial charge on any atom is -0.480 e. The second-order valence-electron chi connectivity index (χ2n) is 10.7. The zero-order valence-corrected chi connectivity index (χ0v) is 26.1. The molecule has 0 aromatic heterocycles. The molecule has 1 atom stereocenters. The van der Waals surface area contributed by atoms with Crippen molar-refractivity contribution in [3.8, 4) is 22.6 Å². The first-order valence-corrected chi connectivity index (χ1v) is 15.9. The Morgan fingerprint density at radius 3 is 2.14 bits per heavy atom. The van der Waals surface area contributed by atoms with Crippen LogP contribution in [0.15, 0.2) is 132 Å². The highest BCUT2D eigenvalue weighted by atomic mass is 32.2. The third kappa shape index (κ3) is 10.3. The molecule has 0 saturated carbocycles. The first-order chi connectivity index (χ1) is 21.4. The lowest BCUT2D eigenvalue weighted by Gasteiger charge is -2.16. The summed E-state index contributed by atoms with van der Waals surface area (Å²) in [5, 5.41) is 12.5. The number of carbonyl (C=O) groups is 2. The number of carboxylic acid groups (broad SMARTS) is 1. The van der Waals surface area contributed by atoms with Crippen molar-refractivity contribution in [1.82, 2.24) is 5.32 Å². The van der Waals surface area contributed by atoms with Crippen LogP contribution in [0.25, 0.3) is 11.1 Å². The standard InChI is InChI=1S/C38H39NO4S/c1-28(2)17-18-30(20-19-29-21-23-32(24-22-29)31-11-5-3-6-12-31)25-26-44-27-35(38(41)42)39-37(40)34-15-9-10-16-36(34)43-33-13-7-4-8-14-33/h3-17,21-25,35H,18-20,26-27H2,1-2H3,(H,39,40)(H,41,42)/b30-25+. The van der Waals surface area contributed by atoms with Crippen LogP contribution in [-0.4, -0.2) is 34.5 Å². The number of thioether (sulfide) groups is 1. The van der Waals surface area contributed by atoms with Crippen molar-refractivity contribution in [3.05, 3.63) is 144 Å². The van der Waals surface area contributed by atoms with Gasteiger partial charge < -0.3 is 15.2 Å². The van der Waals surface area contributed by atoms with Gasteiger partial charge in [0.25, 0.3) is 5.91 Å². The number of aliphatic carboxylic acids is 1. The van der Waals surface area contributed by atoms with Crippen LogP contribution in [0.4, 0.5) is 0 Å². The number of benzene rings is 4. The van der Waals surface area contributed by atoms with Crippen LogP contribution >= 0.6 is 11.8 Å². The van der Waals surface area contributed by atoms with Crippen molar-refractivity contribution in [1.29, 1.82) is 0 Å². The van der Waals surface area contributed by atoms with Crippen molar-refractivity contribution in [2.75, 3.05) is 11.5 Å². The molecule has 5 nitrogen and oxygen atoms in total. The summed E-state index contributed by atoms with van der Waals surface area (Å²) in [7, 11) is 0. The van der Waals surface area contributed by atoms with Gasteiger partial charge >= 0.3 is 5.97 Å². The van der Waals surface area contributed by atoms with Crippen molar-refractivity contribution in [2.24, 2.45) is 0 Å². The number of amides is 1. The van der Waals surface area contributed by atoms with Gasteiger partial charge in [-0.05, 0) is 74.1 Å². The molecule has 1 amide bonds. The summed E-state index contributed by atoms with van der Waals surface area (Å²) in [5.74, 6) is 0.317. The van der Waals surface area contributed by atoms with E-state index in [-0.39, 0.29) is 11.3 Å². The van der Waals surface area contributed by atoms with Gasteiger partial charge in [0.15, 0.2) is 0 Å². The van der Waals surface area contributed by atoms with Gasteiger partial charge in [-0.2, -0.15) is 11.8 Å². The highest BCUT2D eigenvalue weighted by molar-refractivity contribution is 7.99. The molecular formula is C38H39NO4S. The van der Waals surface area contributed by atoms with Crippen LogP contribution in [0.1, 0.15) is 42.6 Å². The van der Waals surface area contributed by atoms with Gasteiger partial charge in [-0.1, -0.05) is 108 Å². The Morgan fingerprint density at radius 2 is 1.45 bits per heavy atom. The maximum atomic E-state index is 13.1. The van der Waals surface area contributed by atoms with Crippen molar-refractivity contribution in [3.63, 3.8) is 0 Å². The van der Waals surface area contributed by atoms with Crippen molar-refractivity contribution >= 4 is 23.6 Å². The molecule has 0 aliphatic carbocycles. The summed E-state index contributed by atoms with van der Waals surface area (Å²) in [6.07, 6.45) is 7.14. The SMILES string of the molecule is CC(C)=CC/C(=C\CSCC(NC(=O)c1ccccc1Oc1ccccc1)C(=O)O)CCc1ccc(-c2ccccc2)cc1. The average Bonchev–Trinajstić information content (AvgIpc) is 3.04. The molecule has 6 heteroatoms. The second-order valence-corrected chi connectivity index (χ2v) is 11.8. The fourth-order valence-electron chi connectivity index (χ4n) is 4.55. The molecule has 2 N–H and O–H groups in total. The molecule has 0 heterocycles. The van der Waals surface area contributed by atoms with Crippen LogP contribution in [0, 0.1) is 0 Å². The van der Waals surface area contributed by atoms with E-state index in [0.717, 1.165) is 19.3 Å². The van der Waals surface area contributed by atoms with Gasteiger partial charge in [-0.25, -0.2) is 4.79 Å². The van der Waals surface area contributed by atoms with Gasteiger partial charge in [-0.15, -0.1) is 0 Å². The lowest BCUT2D eigenvalue weighted by atomic mass is 9.99. The zero-order valence-electron chi connectivity index (χ0n) is 25.2. The van der Waals surface area contributed by atoms with Gasteiger partial charge in [0.1, 0.15) is 17.5 Å². The van der Waals surface area contributed by atoms with Crippen LogP contribution < -0.4 is 10.1 Å². The van der Waals surface area contributed by atoms with Crippen LogP contribution in [0.2, 0.25) is 0 Å². The molecule has 0 radical (unpaired) electrons. The molecule has 0 aliphatic heterocycles. The molecule has 0 aliphatic rings. The van der Waals surface area contributed by atoms with Gasteiger partial charge in [-0.3, -0.25) is 4.79 Å². The number of rotatable bonds is 15. The molecular weight excluding hydrogens is 566 g/mol. The predicted molar refractivity (Wildman–Crippen MR) is 182 cm³/mol. The summed E-state index contributed by atoms with van der Waals surface area (Å²) in [5.41, 5.74) is 6.56. The molecule has 4 aromatic carbocycles. The molecule has 44 heavy (non-hydrogen) atoms. The Balaban J connectivity index is 1.33. The van der Waals surface area contributed by atoms with E-state index in [1.807, 2.05) is 24.3 Å². The first-order valence-electron chi connectivity index (χ1n) is 14.8. The molecule has 1 unspecified atom stereocenters. The summed E-state index contributed by atoms with van der Waals surface area (Å²) in [6, 6.07) is 34.1. The van der Waals surface area contributed by atoms with E-state index in [9.17, 15) is 14.7 Å². The van der Waals surface area contributed by atoms with E-state index >= 15 is 0 Å². The monoisotopic (exact) mass is 605 g/mol. The smallest absolute Gasteiger partial charge is 0.327 e. The zero-order chi connectivity index (χ0) is 31.1. The largest absolute Gasteiger partial charge is 0.480 e. The molecule has 4 aromatic rings. The summed E-state index contributed by atoms with van der Waals surface area (Å²) >= 11 is 1.49. The molecule has 4 rings (SSSR count). The first kappa shape index (κ1) is 32.4. The Morgan fingerprint density at radius 1 is 0.818 bits per heavy atom. The number of allylic oxidation sites excluding steroid dienone is 3. The highest BCUT2D eigenvalue weighted by Crippen LogP contribution is 2.25. The molecule has 226 valence electrons. The Kier molecular flexibility index (Phi) is 12.4. The van der Waals surface area contributed by atoms with E-state index in [0.29, 0.717) is 17.3 Å². The number of hydrogen-bond donors (Lipinski definition) is 2. The normalized spacial score (nSPS) is 11.8. The third-order valence-corrected chi connectivity index (χ3v) is 8.02. The Labute approximate surface area is 264 Å². The van der Waals surface area contributed by atoms with E-state index in [1.54, 1.807) is 36.4 Å². The quantitative estimate of drug-likeness (QED) is 0.104. The number of carbonyl (C=O) groups excluding carboxylic acids is 1. The van der Waals surface area contributed by atoms with Crippen LogP contribution in [0.5, 0.6) is 11.5 Å². The van der Waals surface area contributed by atoms with Gasteiger partial charge in [0.2, 0.25) is 0 Å². The van der Waals surface area contributed by atoms with Crippen LogP contribution in [0.3, 0.4) is 0 Å². The highest BCUT2D eigenvalue weighted by Gasteiger charge is 2.22. The number of nitrogens with one attached hydrogen (secondary N) is 1. The van der Waals surface area contributed by atoms with E-state index in [1.165, 1.54) is 39.6 Å². The number of carboxylic acids is 1. The van der Waals surface area contributed by atoms with Gasteiger partial charge in [0.05, 0.1) is 5.56 Å². The predicted octanol–water partition coefficient (Wildman–Crippen LogP) is 8.98. The molecule has 0 fully saturated rings. The molecule has 0 saturated heterocycles. The number of hydrogen-bond acceptors (Lipinski definition) is 4. The summed E-state index contributed by atoms with van der Waals surface area (Å²) in [4.78, 5) is 25.1. The van der Waals surface area contributed by atoms with Crippen molar-refractivity contribution < 1.29 is 19.4 Å². The fraction of sp³-hybridized carbons (Fsp3) is 0.211. The summed E-state index contributed by atoms with van der Waals surface area (Å²) in [6.45, 7) is 4.19. The van der Waals surface area contributed by atoms with Crippen molar-refractivity contribution in [2.45, 2.75) is 39.2 Å². The van der Waals surface area contributed by atoms with E-state index in [2.05, 4.69) is 79.8 Å². The number of ether oxygens (including phenoxy) is 1. The topological polar surface area (TPSA) is 75.6 Å². The molecule has 0 bridgehead atoms. The molecule has 0 spiro atoms. The minimum absolute atomic E-state index is 0.246. The van der Waals surface area contributed by atoms with E-state index in [4.69, 9.17) is 4.74 Å². The van der Waals surface area contributed by atoms with Crippen LogP contribution in [-0.2, 0) is 11.2 Å². The Bertz CT molecular complexity index is 1560. The lowest BCUT2D eigenvalue weighted by Crippen LogP contribution is -2.42. The Hall–Kier alpha value is -4.55. The van der Waals surface area contributed by atoms with Gasteiger partial charge in [0, 0.05) is 11.5 Å². The average molecular weight is 606 g/mol.